The molecule has 31 heavy (non-hydrogen) atoms. The van der Waals surface area contributed by atoms with Crippen molar-refractivity contribution in [2.24, 2.45) is 0 Å². The van der Waals surface area contributed by atoms with Crippen LogP contribution in [0.4, 0.5) is 17.1 Å². The molecule has 0 saturated carbocycles. The lowest BCUT2D eigenvalue weighted by Gasteiger charge is -2.45. The predicted octanol–water partition coefficient (Wildman–Crippen LogP) is 4.05. The molecule has 0 radical (unpaired) electrons. The summed E-state index contributed by atoms with van der Waals surface area (Å²) in [7, 11) is 4.79. The Morgan fingerprint density at radius 2 is 1.77 bits per heavy atom. The largest absolute Gasteiger partial charge is 0.497 e. The van der Waals surface area contributed by atoms with Crippen LogP contribution in [0.5, 0.6) is 17.2 Å². The van der Waals surface area contributed by atoms with Crippen LogP contribution in [-0.2, 0) is 5.41 Å². The zero-order valence-electron chi connectivity index (χ0n) is 17.7. The van der Waals surface area contributed by atoms with Crippen molar-refractivity contribution in [1.29, 1.82) is 0 Å². The van der Waals surface area contributed by atoms with Gasteiger partial charge in [-0.15, -0.1) is 0 Å². The van der Waals surface area contributed by atoms with Gasteiger partial charge in [0.2, 0.25) is 5.72 Å². The number of likely N-dealkylation sites (N-methyl/N-ethyl adjacent to an activating group) is 1. The second kappa shape index (κ2) is 6.59. The summed E-state index contributed by atoms with van der Waals surface area (Å²) in [5, 5.41) is 23.2. The summed E-state index contributed by atoms with van der Waals surface area (Å²) in [6.07, 6.45) is 3.21. The van der Waals surface area contributed by atoms with Gasteiger partial charge >= 0.3 is 11.4 Å². The Bertz CT molecular complexity index is 1160. The van der Waals surface area contributed by atoms with Crippen molar-refractivity contribution in [2.75, 3.05) is 26.2 Å². The van der Waals surface area contributed by atoms with Crippen molar-refractivity contribution in [3.8, 4) is 17.2 Å². The summed E-state index contributed by atoms with van der Waals surface area (Å²) in [5.41, 5.74) is -1.07. The summed E-state index contributed by atoms with van der Waals surface area (Å²) in [5.74, 6) is 0.831. The fourth-order valence-electron chi connectivity index (χ4n) is 4.51. The molecule has 2 aliphatic heterocycles. The molecule has 162 valence electrons. The van der Waals surface area contributed by atoms with Gasteiger partial charge in [0.15, 0.2) is 11.5 Å². The highest BCUT2D eigenvalue weighted by molar-refractivity contribution is 5.82. The van der Waals surface area contributed by atoms with E-state index < -0.39 is 32.4 Å². The lowest BCUT2D eigenvalue weighted by Crippen LogP contribution is -2.58. The average molecular weight is 427 g/mol. The maximum atomic E-state index is 11.7. The Hall–Kier alpha value is -3.82. The molecular weight excluding hydrogens is 406 g/mol. The third-order valence-electron chi connectivity index (χ3n) is 6.20. The Balaban J connectivity index is 1.96. The van der Waals surface area contributed by atoms with Gasteiger partial charge in [0.25, 0.3) is 0 Å². The first kappa shape index (κ1) is 20.5. The van der Waals surface area contributed by atoms with E-state index in [1.165, 1.54) is 13.2 Å². The van der Waals surface area contributed by atoms with Crippen LogP contribution in [0.15, 0.2) is 30.3 Å². The molecule has 0 aliphatic carbocycles. The maximum Gasteiger partial charge on any atom is 0.357 e. The number of nitro groups is 2. The number of hydrogen-bond acceptors (Lipinski definition) is 8. The third kappa shape index (κ3) is 2.57. The van der Waals surface area contributed by atoms with Crippen LogP contribution in [0, 0.1) is 20.2 Å². The van der Waals surface area contributed by atoms with Crippen molar-refractivity contribution in [3.05, 3.63) is 61.7 Å². The number of nitro benzene ring substituents is 2. The molecule has 1 atom stereocenters. The molecule has 0 fully saturated rings. The minimum atomic E-state index is -1.05. The van der Waals surface area contributed by atoms with Crippen LogP contribution >= 0.6 is 0 Å². The first-order valence-electron chi connectivity index (χ1n) is 9.43. The Morgan fingerprint density at radius 3 is 2.35 bits per heavy atom. The fourth-order valence-corrected chi connectivity index (χ4v) is 4.51. The summed E-state index contributed by atoms with van der Waals surface area (Å²) in [6.45, 7) is 3.99. The molecule has 1 spiro atoms. The van der Waals surface area contributed by atoms with Crippen LogP contribution in [0.25, 0.3) is 6.08 Å². The smallest absolute Gasteiger partial charge is 0.357 e. The SMILES string of the molecule is COc1ccc2c(c1)C(C)(C)C1(C=Cc3c(c(OC)cc([N+](=O)[O-])c3[N+](=O)[O-])O1)N2C. The molecule has 2 aromatic carbocycles. The van der Waals surface area contributed by atoms with Gasteiger partial charge in [-0.05, 0) is 49.8 Å². The van der Waals surface area contributed by atoms with Crippen molar-refractivity contribution in [1.82, 2.24) is 0 Å². The van der Waals surface area contributed by atoms with Gasteiger partial charge in [-0.3, -0.25) is 20.2 Å². The van der Waals surface area contributed by atoms with Gasteiger partial charge in [0.05, 0.1) is 35.5 Å². The van der Waals surface area contributed by atoms with E-state index >= 15 is 0 Å². The molecule has 4 rings (SSSR count). The van der Waals surface area contributed by atoms with Crippen LogP contribution in [0.1, 0.15) is 25.0 Å². The van der Waals surface area contributed by atoms with Crippen LogP contribution < -0.4 is 19.1 Å². The van der Waals surface area contributed by atoms with E-state index in [1.54, 1.807) is 13.2 Å². The van der Waals surface area contributed by atoms with E-state index in [1.807, 2.05) is 44.0 Å². The van der Waals surface area contributed by atoms with Crippen LogP contribution in [0.3, 0.4) is 0 Å². The number of anilines is 1. The topological polar surface area (TPSA) is 117 Å². The molecule has 10 nitrogen and oxygen atoms in total. The highest BCUT2D eigenvalue weighted by atomic mass is 16.6. The van der Waals surface area contributed by atoms with Crippen molar-refractivity contribution < 1.29 is 24.1 Å². The van der Waals surface area contributed by atoms with Gasteiger partial charge in [0, 0.05) is 12.7 Å². The van der Waals surface area contributed by atoms with Gasteiger partial charge in [-0.2, -0.15) is 0 Å². The van der Waals surface area contributed by atoms with Crippen molar-refractivity contribution in [3.63, 3.8) is 0 Å². The third-order valence-corrected chi connectivity index (χ3v) is 6.20. The quantitative estimate of drug-likeness (QED) is 0.530. The number of benzene rings is 2. The number of nitrogens with zero attached hydrogens (tertiary/aromatic N) is 3. The fraction of sp³-hybridized carbons (Fsp3) is 0.333. The second-order valence-electron chi connectivity index (χ2n) is 7.90. The van der Waals surface area contributed by atoms with Gasteiger partial charge in [-0.1, -0.05) is 0 Å². The standard InChI is InChI=1S/C21H21N3O7/c1-20(2)14-10-12(29-4)6-7-15(14)22(3)21(20)9-8-13-18(24(27)28)16(23(25)26)11-17(30-5)19(13)31-21/h6-11H,1-5H3. The van der Waals surface area contributed by atoms with Crippen LogP contribution in [0.2, 0.25) is 0 Å². The highest BCUT2D eigenvalue weighted by Crippen LogP contribution is 2.57. The summed E-state index contributed by atoms with van der Waals surface area (Å²) in [4.78, 5) is 23.5. The average Bonchev–Trinajstić information content (AvgIpc) is 2.90. The number of rotatable bonds is 4. The summed E-state index contributed by atoms with van der Waals surface area (Å²) >= 11 is 0. The summed E-state index contributed by atoms with van der Waals surface area (Å²) < 4.78 is 17.2. The Labute approximate surface area is 177 Å². The minimum absolute atomic E-state index is 0.000545. The van der Waals surface area contributed by atoms with E-state index in [-0.39, 0.29) is 17.1 Å². The Kier molecular flexibility index (Phi) is 4.35. The Morgan fingerprint density at radius 1 is 1.06 bits per heavy atom. The van der Waals surface area contributed by atoms with Crippen molar-refractivity contribution >= 4 is 23.1 Å². The molecule has 0 saturated heterocycles. The number of fused-ring (bicyclic) bond motifs is 2. The van der Waals surface area contributed by atoms with Gasteiger partial charge < -0.3 is 19.1 Å². The normalized spacial score (nSPS) is 20.1. The van der Waals surface area contributed by atoms with Crippen molar-refractivity contribution in [2.45, 2.75) is 25.0 Å². The van der Waals surface area contributed by atoms with Gasteiger partial charge in [0.1, 0.15) is 11.3 Å². The van der Waals surface area contributed by atoms with E-state index in [0.29, 0.717) is 5.75 Å². The molecule has 0 N–H and O–H groups in total. The molecule has 2 aromatic rings. The monoisotopic (exact) mass is 427 g/mol. The molecule has 0 amide bonds. The molecule has 2 aliphatic rings. The van der Waals surface area contributed by atoms with E-state index in [9.17, 15) is 20.2 Å². The first-order valence-corrected chi connectivity index (χ1v) is 9.43. The van der Waals surface area contributed by atoms with Crippen LogP contribution in [-0.4, -0.2) is 36.8 Å². The zero-order valence-corrected chi connectivity index (χ0v) is 17.7. The van der Waals surface area contributed by atoms with E-state index in [2.05, 4.69) is 0 Å². The number of hydrogen-bond donors (Lipinski definition) is 0. The number of ether oxygens (including phenoxy) is 3. The maximum absolute atomic E-state index is 11.7. The molecule has 0 aromatic heterocycles. The molecule has 10 heteroatoms. The minimum Gasteiger partial charge on any atom is -0.497 e. The zero-order chi connectivity index (χ0) is 22.7. The van der Waals surface area contributed by atoms with E-state index in [0.717, 1.165) is 17.3 Å². The number of methoxy groups -OCH3 is 2. The predicted molar refractivity (Wildman–Crippen MR) is 113 cm³/mol. The first-order chi connectivity index (χ1) is 14.6. The molecule has 2 heterocycles. The summed E-state index contributed by atoms with van der Waals surface area (Å²) in [6, 6.07) is 6.73. The van der Waals surface area contributed by atoms with Gasteiger partial charge in [-0.25, -0.2) is 0 Å². The lowest BCUT2D eigenvalue weighted by atomic mass is 9.76. The lowest BCUT2D eigenvalue weighted by molar-refractivity contribution is -0.422. The van der Waals surface area contributed by atoms with E-state index in [4.69, 9.17) is 14.2 Å². The molecule has 1 unspecified atom stereocenters. The highest BCUT2D eigenvalue weighted by Gasteiger charge is 2.59. The molecule has 0 bridgehead atoms. The second-order valence-corrected chi connectivity index (χ2v) is 7.90. The molecular formula is C21H21N3O7.